The van der Waals surface area contributed by atoms with Crippen molar-refractivity contribution in [2.24, 2.45) is 0 Å². The van der Waals surface area contributed by atoms with Crippen LogP contribution in [0.25, 0.3) is 10.8 Å². The largest absolute Gasteiger partial charge is 0.423 e. The van der Waals surface area contributed by atoms with Crippen molar-refractivity contribution in [1.82, 2.24) is 0 Å². The zero-order valence-corrected chi connectivity index (χ0v) is 16.7. The summed E-state index contributed by atoms with van der Waals surface area (Å²) in [5, 5.41) is 1.00. The molecule has 10 heteroatoms. The van der Waals surface area contributed by atoms with E-state index in [0.717, 1.165) is 0 Å². The van der Waals surface area contributed by atoms with Crippen molar-refractivity contribution >= 4 is 22.7 Å². The van der Waals surface area contributed by atoms with Gasteiger partial charge in [0.25, 0.3) is 0 Å². The van der Waals surface area contributed by atoms with Crippen LogP contribution >= 0.6 is 0 Å². The third-order valence-corrected chi connectivity index (χ3v) is 4.64. The first kappa shape index (κ1) is 22.8. The summed E-state index contributed by atoms with van der Waals surface area (Å²) in [5.41, 5.74) is -1.11. The molecule has 0 radical (unpaired) electrons. The topological polar surface area (TPSA) is 52.6 Å². The highest BCUT2D eigenvalue weighted by Crippen LogP contribution is 2.27. The van der Waals surface area contributed by atoms with Crippen LogP contribution in [0.2, 0.25) is 0 Å². The smallest absolute Gasteiger partial charge is 0.343 e. The lowest BCUT2D eigenvalue weighted by Crippen LogP contribution is -2.10. The van der Waals surface area contributed by atoms with Crippen LogP contribution in [0.5, 0.6) is 11.5 Å². The average Bonchev–Trinajstić information content (AvgIpc) is 2.80. The average molecular weight is 476 g/mol. The van der Waals surface area contributed by atoms with Crippen molar-refractivity contribution in [3.05, 3.63) is 107 Å². The molecule has 0 atom stereocenters. The lowest BCUT2D eigenvalue weighted by Gasteiger charge is -2.09. The predicted octanol–water partition coefficient (Wildman–Crippen LogP) is 6.11. The molecule has 0 spiro atoms. The molecule has 4 rings (SSSR count). The molecular weight excluding hydrogens is 466 g/mol. The highest BCUT2D eigenvalue weighted by molar-refractivity contribution is 5.93. The van der Waals surface area contributed by atoms with Gasteiger partial charge in [0, 0.05) is 0 Å². The van der Waals surface area contributed by atoms with Gasteiger partial charge in [0.1, 0.15) is 11.5 Å². The van der Waals surface area contributed by atoms with Crippen molar-refractivity contribution in [2.45, 2.75) is 0 Å². The molecule has 0 aliphatic carbocycles. The second-order valence-electron chi connectivity index (χ2n) is 6.96. The highest BCUT2D eigenvalue weighted by atomic mass is 19.2. The van der Waals surface area contributed by atoms with Crippen molar-refractivity contribution < 1.29 is 45.4 Å². The Kier molecular flexibility index (Phi) is 5.97. The van der Waals surface area contributed by atoms with Gasteiger partial charge in [0.15, 0.2) is 34.9 Å². The molecule has 4 aromatic carbocycles. The number of carbonyl (C=O) groups excluding carboxylic acids is 2. The van der Waals surface area contributed by atoms with Crippen LogP contribution in [0.15, 0.2) is 60.7 Å². The van der Waals surface area contributed by atoms with Crippen LogP contribution in [0.1, 0.15) is 20.7 Å². The van der Waals surface area contributed by atoms with E-state index >= 15 is 0 Å². The maximum atomic E-state index is 13.4. The Morgan fingerprint density at radius 2 is 0.853 bits per heavy atom. The van der Waals surface area contributed by atoms with Gasteiger partial charge in [-0.1, -0.05) is 12.1 Å². The fraction of sp³-hybridized carbons (Fsp3) is 0. The minimum atomic E-state index is -1.73. The molecule has 4 nitrogen and oxygen atoms in total. The van der Waals surface area contributed by atoms with Crippen molar-refractivity contribution in [1.29, 1.82) is 0 Å². The molecule has 0 aliphatic rings. The first-order valence-electron chi connectivity index (χ1n) is 9.39. The third-order valence-electron chi connectivity index (χ3n) is 4.64. The van der Waals surface area contributed by atoms with E-state index in [1.807, 2.05) is 0 Å². The standard InChI is InChI=1S/C24H10F6O4/c25-17-7-13(8-18(26)21(17)29)23(31)33-15-3-1-11-2-4-16(6-12(11)5-15)34-24(32)14-9-19(27)22(30)20(28)10-14/h1-10H. The maximum absolute atomic E-state index is 13.4. The zero-order valence-electron chi connectivity index (χ0n) is 16.7. The van der Waals surface area contributed by atoms with Crippen molar-refractivity contribution in [3.8, 4) is 11.5 Å². The number of carbonyl (C=O) groups is 2. The summed E-state index contributed by atoms with van der Waals surface area (Å²) in [7, 11) is 0. The van der Waals surface area contributed by atoms with Crippen molar-refractivity contribution in [3.63, 3.8) is 0 Å². The Hall–Kier alpha value is -4.34. The molecule has 0 saturated carbocycles. The molecule has 0 bridgehead atoms. The quantitative estimate of drug-likeness (QED) is 0.154. The van der Waals surface area contributed by atoms with Crippen molar-refractivity contribution in [2.75, 3.05) is 0 Å². The van der Waals surface area contributed by atoms with Gasteiger partial charge >= 0.3 is 11.9 Å². The van der Waals surface area contributed by atoms with E-state index in [1.165, 1.54) is 36.4 Å². The van der Waals surface area contributed by atoms with Crippen LogP contribution in [0.3, 0.4) is 0 Å². The Labute approximate surface area is 187 Å². The molecular formula is C24H10F6O4. The summed E-state index contributed by atoms with van der Waals surface area (Å²) in [6.07, 6.45) is 0. The zero-order chi connectivity index (χ0) is 24.6. The highest BCUT2D eigenvalue weighted by Gasteiger charge is 2.18. The summed E-state index contributed by atoms with van der Waals surface area (Å²) in [6, 6.07) is 10.5. The van der Waals surface area contributed by atoms with E-state index in [4.69, 9.17) is 9.47 Å². The van der Waals surface area contributed by atoms with Gasteiger partial charge < -0.3 is 9.47 Å². The van der Waals surface area contributed by atoms with Gasteiger partial charge in [0.05, 0.1) is 11.1 Å². The van der Waals surface area contributed by atoms with E-state index in [0.29, 0.717) is 35.0 Å². The van der Waals surface area contributed by atoms with Gasteiger partial charge in [-0.15, -0.1) is 0 Å². The summed E-state index contributed by atoms with van der Waals surface area (Å²) in [5.74, 6) is -12.1. The monoisotopic (exact) mass is 476 g/mol. The fourth-order valence-electron chi connectivity index (χ4n) is 3.01. The number of rotatable bonds is 4. The normalized spacial score (nSPS) is 10.9. The summed E-state index contributed by atoms with van der Waals surface area (Å²) >= 11 is 0. The number of ether oxygens (including phenoxy) is 2. The first-order valence-corrected chi connectivity index (χ1v) is 9.39. The molecule has 0 aromatic heterocycles. The fourth-order valence-corrected chi connectivity index (χ4v) is 3.01. The Morgan fingerprint density at radius 3 is 1.21 bits per heavy atom. The molecule has 4 aromatic rings. The Morgan fingerprint density at radius 1 is 0.500 bits per heavy atom. The second kappa shape index (κ2) is 8.89. The molecule has 172 valence electrons. The number of benzene rings is 4. The number of fused-ring (bicyclic) bond motifs is 1. The number of halogens is 6. The number of hydrogen-bond acceptors (Lipinski definition) is 4. The molecule has 0 fully saturated rings. The van der Waals surface area contributed by atoms with E-state index in [9.17, 15) is 35.9 Å². The first-order chi connectivity index (χ1) is 16.1. The van der Waals surface area contributed by atoms with Gasteiger partial charge in [-0.2, -0.15) is 0 Å². The summed E-state index contributed by atoms with van der Waals surface area (Å²) < 4.78 is 89.7. The van der Waals surface area contributed by atoms with Crippen LogP contribution in [-0.2, 0) is 0 Å². The van der Waals surface area contributed by atoms with E-state index in [2.05, 4.69) is 0 Å². The molecule has 0 heterocycles. The van der Waals surface area contributed by atoms with E-state index in [1.54, 1.807) is 0 Å². The van der Waals surface area contributed by atoms with Gasteiger partial charge in [-0.05, 0) is 59.3 Å². The molecule has 0 unspecified atom stereocenters. The molecule has 34 heavy (non-hydrogen) atoms. The number of hydrogen-bond donors (Lipinski definition) is 0. The van der Waals surface area contributed by atoms with Gasteiger partial charge in [0.2, 0.25) is 0 Å². The Balaban J connectivity index is 1.56. The predicted molar refractivity (Wildman–Crippen MR) is 106 cm³/mol. The van der Waals surface area contributed by atoms with Crippen LogP contribution in [-0.4, -0.2) is 11.9 Å². The van der Waals surface area contributed by atoms with Gasteiger partial charge in [-0.3, -0.25) is 0 Å². The van der Waals surface area contributed by atoms with E-state index in [-0.39, 0.29) is 11.5 Å². The molecule has 0 N–H and O–H groups in total. The molecule has 0 aliphatic heterocycles. The number of esters is 2. The third kappa shape index (κ3) is 4.56. The van der Waals surface area contributed by atoms with Crippen LogP contribution < -0.4 is 9.47 Å². The van der Waals surface area contributed by atoms with Crippen LogP contribution in [0, 0.1) is 34.9 Å². The van der Waals surface area contributed by atoms with Crippen LogP contribution in [0.4, 0.5) is 26.3 Å². The van der Waals surface area contributed by atoms with E-state index < -0.39 is 58.0 Å². The lowest BCUT2D eigenvalue weighted by atomic mass is 10.1. The maximum Gasteiger partial charge on any atom is 0.343 e. The minimum Gasteiger partial charge on any atom is -0.423 e. The second-order valence-corrected chi connectivity index (χ2v) is 6.96. The molecule has 0 amide bonds. The minimum absolute atomic E-state index is 0.0474. The SMILES string of the molecule is O=C(Oc1ccc2ccc(OC(=O)c3cc(F)c(F)c(F)c3)cc2c1)c1cc(F)c(F)c(F)c1. The van der Waals surface area contributed by atoms with Gasteiger partial charge in [-0.25, -0.2) is 35.9 Å². The Bertz CT molecular complexity index is 1320. The molecule has 0 saturated heterocycles. The lowest BCUT2D eigenvalue weighted by molar-refractivity contribution is 0.0725. The summed E-state index contributed by atoms with van der Waals surface area (Å²) in [4.78, 5) is 24.4. The summed E-state index contributed by atoms with van der Waals surface area (Å²) in [6.45, 7) is 0.